The molecule has 1 N–H and O–H groups in total. The summed E-state index contributed by atoms with van der Waals surface area (Å²) < 4.78 is 1.70. The van der Waals surface area contributed by atoms with Crippen LogP contribution in [0.5, 0.6) is 0 Å². The molecule has 0 fully saturated rings. The van der Waals surface area contributed by atoms with Crippen molar-refractivity contribution in [3.8, 4) is 16.3 Å². The third kappa shape index (κ3) is 2.28. The largest absolute Gasteiger partial charge is 0.478 e. The number of benzene rings is 1. The molecular formula is C18H13N3O2S. The lowest BCUT2D eigenvalue weighted by molar-refractivity contribution is 0.0699. The Balaban J connectivity index is 2.08. The number of pyridine rings is 1. The molecule has 24 heavy (non-hydrogen) atoms. The number of carbonyl (C=O) groups is 1. The van der Waals surface area contributed by atoms with Gasteiger partial charge >= 0.3 is 5.97 Å². The minimum Gasteiger partial charge on any atom is -0.478 e. The molecule has 0 aliphatic rings. The van der Waals surface area contributed by atoms with Crippen LogP contribution in [0.2, 0.25) is 0 Å². The number of hydrogen-bond acceptors (Lipinski definition) is 4. The minimum atomic E-state index is -0.976. The summed E-state index contributed by atoms with van der Waals surface area (Å²) in [4.78, 5) is 17.4. The molecular weight excluding hydrogens is 322 g/mol. The summed E-state index contributed by atoms with van der Waals surface area (Å²) in [5.41, 5.74) is 2.93. The Morgan fingerprint density at radius 1 is 1.17 bits per heavy atom. The molecule has 0 aliphatic heterocycles. The maximum atomic E-state index is 11.8. The number of hydrogen-bond donors (Lipinski definition) is 1. The first-order valence-electron chi connectivity index (χ1n) is 7.38. The van der Waals surface area contributed by atoms with Crippen molar-refractivity contribution in [1.29, 1.82) is 0 Å². The molecule has 0 saturated carbocycles. The van der Waals surface area contributed by atoms with E-state index in [1.807, 2.05) is 47.8 Å². The van der Waals surface area contributed by atoms with E-state index in [0.717, 1.165) is 10.6 Å². The number of carboxylic acids is 1. The first kappa shape index (κ1) is 14.6. The van der Waals surface area contributed by atoms with E-state index in [9.17, 15) is 9.90 Å². The number of thiophene rings is 1. The molecule has 4 aromatic rings. The lowest BCUT2D eigenvalue weighted by atomic mass is 10.1. The molecule has 1 aromatic carbocycles. The predicted molar refractivity (Wildman–Crippen MR) is 93.9 cm³/mol. The molecule has 0 bridgehead atoms. The molecule has 5 nitrogen and oxygen atoms in total. The molecule has 0 radical (unpaired) electrons. The van der Waals surface area contributed by atoms with Crippen LogP contribution >= 0.6 is 11.3 Å². The standard InChI is InChI=1S/C18H13N3O2S/c1-11-16-13(18(22)23)10-14(15-8-5-9-24-15)19-17(16)21(20-11)12-6-3-2-4-7-12/h2-10H,1H3,(H,22,23). The summed E-state index contributed by atoms with van der Waals surface area (Å²) in [5, 5.41) is 16.7. The number of nitrogens with zero attached hydrogens (tertiary/aromatic N) is 3. The van der Waals surface area contributed by atoms with Crippen LogP contribution in [0.15, 0.2) is 53.9 Å². The van der Waals surface area contributed by atoms with Crippen LogP contribution < -0.4 is 0 Å². The van der Waals surface area contributed by atoms with Crippen LogP contribution in [-0.4, -0.2) is 25.8 Å². The molecule has 118 valence electrons. The van der Waals surface area contributed by atoms with Crippen molar-refractivity contribution in [2.75, 3.05) is 0 Å². The van der Waals surface area contributed by atoms with Gasteiger partial charge in [0, 0.05) is 0 Å². The Bertz CT molecular complexity index is 1040. The average Bonchev–Trinajstić information content (AvgIpc) is 3.23. The van der Waals surface area contributed by atoms with Crippen molar-refractivity contribution in [1.82, 2.24) is 14.8 Å². The highest BCUT2D eigenvalue weighted by Crippen LogP contribution is 2.30. The Morgan fingerprint density at radius 2 is 1.96 bits per heavy atom. The van der Waals surface area contributed by atoms with Gasteiger partial charge in [-0.15, -0.1) is 11.3 Å². The maximum absolute atomic E-state index is 11.8. The lowest BCUT2D eigenvalue weighted by Gasteiger charge is -2.06. The Hall–Kier alpha value is -2.99. The molecule has 0 spiro atoms. The molecule has 0 unspecified atom stereocenters. The fourth-order valence-corrected chi connectivity index (χ4v) is 3.44. The van der Waals surface area contributed by atoms with Crippen LogP contribution in [-0.2, 0) is 0 Å². The zero-order valence-electron chi connectivity index (χ0n) is 12.8. The number of aromatic carboxylic acids is 1. The van der Waals surface area contributed by atoms with Crippen molar-refractivity contribution in [3.05, 3.63) is 65.2 Å². The third-order valence-corrected chi connectivity index (χ3v) is 4.71. The van der Waals surface area contributed by atoms with E-state index in [2.05, 4.69) is 5.10 Å². The fourth-order valence-electron chi connectivity index (χ4n) is 2.76. The quantitative estimate of drug-likeness (QED) is 0.610. The second-order valence-electron chi connectivity index (χ2n) is 5.37. The van der Waals surface area contributed by atoms with E-state index in [-0.39, 0.29) is 5.56 Å². The SMILES string of the molecule is Cc1nn(-c2ccccc2)c2nc(-c3cccs3)cc(C(=O)O)c12. The smallest absolute Gasteiger partial charge is 0.336 e. The summed E-state index contributed by atoms with van der Waals surface area (Å²) >= 11 is 1.53. The van der Waals surface area contributed by atoms with E-state index in [0.29, 0.717) is 22.4 Å². The maximum Gasteiger partial charge on any atom is 0.336 e. The highest BCUT2D eigenvalue weighted by molar-refractivity contribution is 7.13. The summed E-state index contributed by atoms with van der Waals surface area (Å²) in [5.74, 6) is -0.976. The third-order valence-electron chi connectivity index (χ3n) is 3.82. The number of carboxylic acid groups (broad SMARTS) is 1. The van der Waals surface area contributed by atoms with E-state index in [1.54, 1.807) is 17.7 Å². The first-order valence-corrected chi connectivity index (χ1v) is 8.26. The number of para-hydroxylation sites is 1. The van der Waals surface area contributed by atoms with E-state index in [1.165, 1.54) is 11.3 Å². The molecule has 0 aliphatic carbocycles. The Morgan fingerprint density at radius 3 is 2.62 bits per heavy atom. The normalized spacial score (nSPS) is 11.0. The zero-order chi connectivity index (χ0) is 16.7. The second kappa shape index (κ2) is 5.58. The van der Waals surface area contributed by atoms with Crippen molar-refractivity contribution < 1.29 is 9.90 Å². The lowest BCUT2D eigenvalue weighted by Crippen LogP contribution is -2.02. The molecule has 4 rings (SSSR count). The summed E-state index contributed by atoms with van der Waals surface area (Å²) in [6.07, 6.45) is 0. The van der Waals surface area contributed by atoms with Crippen molar-refractivity contribution >= 4 is 28.3 Å². The van der Waals surface area contributed by atoms with Gasteiger partial charge in [0.15, 0.2) is 5.65 Å². The number of aryl methyl sites for hydroxylation is 1. The molecule has 0 saturated heterocycles. The molecule has 3 aromatic heterocycles. The van der Waals surface area contributed by atoms with Gasteiger partial charge in [-0.1, -0.05) is 24.3 Å². The minimum absolute atomic E-state index is 0.225. The number of aromatic nitrogens is 3. The second-order valence-corrected chi connectivity index (χ2v) is 6.32. The summed E-state index contributed by atoms with van der Waals surface area (Å²) in [6.45, 7) is 1.81. The highest BCUT2D eigenvalue weighted by atomic mass is 32.1. The molecule has 6 heteroatoms. The highest BCUT2D eigenvalue weighted by Gasteiger charge is 2.20. The van der Waals surface area contributed by atoms with Crippen LogP contribution in [0.4, 0.5) is 0 Å². The van der Waals surface area contributed by atoms with Crippen LogP contribution in [0.25, 0.3) is 27.3 Å². The molecule has 0 amide bonds. The van der Waals surface area contributed by atoms with Gasteiger partial charge in [0.05, 0.1) is 32.9 Å². The van der Waals surface area contributed by atoms with Crippen LogP contribution in [0.1, 0.15) is 16.1 Å². The van der Waals surface area contributed by atoms with Crippen molar-refractivity contribution in [3.63, 3.8) is 0 Å². The number of fused-ring (bicyclic) bond motifs is 1. The van der Waals surface area contributed by atoms with Gasteiger partial charge in [-0.25, -0.2) is 14.5 Å². The first-order chi connectivity index (χ1) is 11.6. The van der Waals surface area contributed by atoms with E-state index in [4.69, 9.17) is 4.98 Å². The topological polar surface area (TPSA) is 68.0 Å². The number of rotatable bonds is 3. The molecule has 0 atom stereocenters. The molecule has 3 heterocycles. The van der Waals surface area contributed by atoms with Crippen molar-refractivity contribution in [2.45, 2.75) is 6.92 Å². The average molecular weight is 335 g/mol. The van der Waals surface area contributed by atoms with E-state index < -0.39 is 5.97 Å². The summed E-state index contributed by atoms with van der Waals surface area (Å²) in [7, 11) is 0. The van der Waals surface area contributed by atoms with Gasteiger partial charge in [-0.2, -0.15) is 5.10 Å². The Kier molecular flexibility index (Phi) is 3.39. The van der Waals surface area contributed by atoms with Crippen molar-refractivity contribution in [2.24, 2.45) is 0 Å². The van der Waals surface area contributed by atoms with E-state index >= 15 is 0 Å². The zero-order valence-corrected chi connectivity index (χ0v) is 13.6. The van der Waals surface area contributed by atoms with Crippen LogP contribution in [0, 0.1) is 6.92 Å². The van der Waals surface area contributed by atoms with Gasteiger partial charge in [0.2, 0.25) is 0 Å². The van der Waals surface area contributed by atoms with Gasteiger partial charge in [-0.05, 0) is 36.6 Å². The van der Waals surface area contributed by atoms with Gasteiger partial charge in [-0.3, -0.25) is 0 Å². The predicted octanol–water partition coefficient (Wildman–Crippen LogP) is 4.16. The monoisotopic (exact) mass is 335 g/mol. The van der Waals surface area contributed by atoms with Gasteiger partial charge in [0.1, 0.15) is 0 Å². The Labute approximate surface area is 141 Å². The summed E-state index contributed by atoms with van der Waals surface area (Å²) in [6, 6.07) is 15.1. The van der Waals surface area contributed by atoms with Crippen LogP contribution in [0.3, 0.4) is 0 Å². The van der Waals surface area contributed by atoms with Gasteiger partial charge in [0.25, 0.3) is 0 Å². The van der Waals surface area contributed by atoms with Gasteiger partial charge < -0.3 is 5.11 Å². The fraction of sp³-hybridized carbons (Fsp3) is 0.0556.